The first-order chi connectivity index (χ1) is 13.1. The first-order valence-corrected chi connectivity index (χ1v) is 18.5. The average molecular weight is 542 g/mol. The zero-order valence-corrected chi connectivity index (χ0v) is 24.2. The van der Waals surface area contributed by atoms with Crippen LogP contribution in [0.3, 0.4) is 0 Å². The molecule has 0 fully saturated rings. The molecule has 0 heterocycles. The van der Waals surface area contributed by atoms with Gasteiger partial charge in [0.1, 0.15) is 0 Å². The quantitative estimate of drug-likeness (QED) is 0.411. The number of rotatable bonds is 6. The number of benzene rings is 2. The van der Waals surface area contributed by atoms with Crippen molar-refractivity contribution in [2.45, 2.75) is 77.8 Å². The maximum atomic E-state index is 6.40. The van der Waals surface area contributed by atoms with Crippen LogP contribution in [0.4, 0.5) is 0 Å². The molecule has 29 heavy (non-hydrogen) atoms. The summed E-state index contributed by atoms with van der Waals surface area (Å²) < 4.78 is 15.7. The average Bonchev–Trinajstić information content (AvgIpc) is 2.56. The molecule has 0 saturated heterocycles. The minimum absolute atomic E-state index is 0.216. The number of hydrogen-bond acceptors (Lipinski definition) is 2. The molecule has 160 valence electrons. The van der Waals surface area contributed by atoms with Gasteiger partial charge in [-0.2, -0.15) is 0 Å². The third-order valence-electron chi connectivity index (χ3n) is 6.24. The van der Waals surface area contributed by atoms with Crippen molar-refractivity contribution in [2.24, 2.45) is 0 Å². The molecular formula is C24H38O2Si2Te. The van der Waals surface area contributed by atoms with Crippen LogP contribution in [0, 0.1) is 0 Å². The summed E-state index contributed by atoms with van der Waals surface area (Å²) in [6.07, 6.45) is 0. The summed E-state index contributed by atoms with van der Waals surface area (Å²) in [4.78, 5) is 0. The standard InChI is InChI=1S/C24H38O2Si2Te/c1-23(2,3)27(7,8)25-19-11-15-21(16-12-19)29-22-17-13-20(14-18-22)26-28(9,10)24(4,5)6/h11-18H,1-10H3. The van der Waals surface area contributed by atoms with Crippen LogP contribution in [0.25, 0.3) is 0 Å². The van der Waals surface area contributed by atoms with Gasteiger partial charge in [-0.25, -0.2) is 0 Å². The normalized spacial score (nSPS) is 13.3. The fraction of sp³-hybridized carbons (Fsp3) is 0.500. The van der Waals surface area contributed by atoms with E-state index in [1.807, 2.05) is 0 Å². The van der Waals surface area contributed by atoms with Crippen molar-refractivity contribution in [1.82, 2.24) is 0 Å². The summed E-state index contributed by atoms with van der Waals surface area (Å²) in [6, 6.07) is 17.6. The van der Waals surface area contributed by atoms with Crippen LogP contribution in [0.5, 0.6) is 11.5 Å². The van der Waals surface area contributed by atoms with Crippen LogP contribution >= 0.6 is 0 Å². The van der Waals surface area contributed by atoms with Crippen LogP contribution < -0.4 is 16.1 Å². The molecule has 0 atom stereocenters. The van der Waals surface area contributed by atoms with E-state index in [1.165, 1.54) is 7.22 Å². The van der Waals surface area contributed by atoms with E-state index in [-0.39, 0.29) is 10.1 Å². The molecular weight excluding hydrogens is 504 g/mol. The van der Waals surface area contributed by atoms with Gasteiger partial charge in [-0.1, -0.05) is 0 Å². The van der Waals surface area contributed by atoms with E-state index in [1.54, 1.807) is 0 Å². The van der Waals surface area contributed by atoms with Gasteiger partial charge in [0.05, 0.1) is 0 Å². The monoisotopic (exact) mass is 544 g/mol. The van der Waals surface area contributed by atoms with E-state index in [2.05, 4.69) is 116 Å². The summed E-state index contributed by atoms with van der Waals surface area (Å²) in [6.45, 7) is 22.8. The van der Waals surface area contributed by atoms with Crippen molar-refractivity contribution in [2.75, 3.05) is 0 Å². The molecule has 0 radical (unpaired) electrons. The van der Waals surface area contributed by atoms with Crippen molar-refractivity contribution < 1.29 is 8.85 Å². The predicted molar refractivity (Wildman–Crippen MR) is 134 cm³/mol. The molecule has 2 nitrogen and oxygen atoms in total. The van der Waals surface area contributed by atoms with Gasteiger partial charge in [0, 0.05) is 0 Å². The second-order valence-corrected chi connectivity index (χ2v) is 23.5. The van der Waals surface area contributed by atoms with Crippen molar-refractivity contribution in [1.29, 1.82) is 0 Å². The molecule has 0 spiro atoms. The Bertz CT molecular complexity index is 729. The molecule has 5 heteroatoms. The molecule has 0 N–H and O–H groups in total. The number of hydrogen-bond donors (Lipinski definition) is 0. The fourth-order valence-electron chi connectivity index (χ4n) is 2.18. The van der Waals surface area contributed by atoms with Crippen LogP contribution in [0.2, 0.25) is 36.3 Å². The van der Waals surface area contributed by atoms with E-state index < -0.39 is 37.6 Å². The topological polar surface area (TPSA) is 18.5 Å². The minimum atomic E-state index is -1.78. The Morgan fingerprint density at radius 2 is 0.828 bits per heavy atom. The molecule has 0 aliphatic rings. The Morgan fingerprint density at radius 1 is 0.552 bits per heavy atom. The Morgan fingerprint density at radius 3 is 1.07 bits per heavy atom. The third kappa shape index (κ3) is 6.62. The van der Waals surface area contributed by atoms with Gasteiger partial charge in [0.25, 0.3) is 0 Å². The van der Waals surface area contributed by atoms with Gasteiger partial charge in [-0.15, -0.1) is 0 Å². The zero-order chi connectivity index (χ0) is 22.1. The molecule has 0 aromatic heterocycles. The zero-order valence-electron chi connectivity index (χ0n) is 19.8. The van der Waals surface area contributed by atoms with Gasteiger partial charge in [0.15, 0.2) is 0 Å². The van der Waals surface area contributed by atoms with Gasteiger partial charge < -0.3 is 0 Å². The Balaban J connectivity index is 2.02. The van der Waals surface area contributed by atoms with Gasteiger partial charge in [-0.3, -0.25) is 0 Å². The van der Waals surface area contributed by atoms with Crippen molar-refractivity contribution in [3.63, 3.8) is 0 Å². The Labute approximate surface area is 190 Å². The second-order valence-electron chi connectivity index (χ2n) is 10.8. The van der Waals surface area contributed by atoms with Crippen molar-refractivity contribution >= 4 is 44.8 Å². The van der Waals surface area contributed by atoms with E-state index in [4.69, 9.17) is 8.85 Å². The van der Waals surface area contributed by atoms with Gasteiger partial charge >= 0.3 is 191 Å². The summed E-state index contributed by atoms with van der Waals surface area (Å²) in [5, 5.41) is 0.433. The molecule has 0 bridgehead atoms. The summed E-state index contributed by atoms with van der Waals surface area (Å²) in [5.41, 5.74) is 0. The molecule has 0 amide bonds. The van der Waals surface area contributed by atoms with Gasteiger partial charge in [-0.05, 0) is 0 Å². The summed E-state index contributed by atoms with van der Waals surface area (Å²) in [7, 11) is -3.55. The van der Waals surface area contributed by atoms with Crippen LogP contribution in [-0.2, 0) is 0 Å². The van der Waals surface area contributed by atoms with Crippen molar-refractivity contribution in [3.8, 4) is 11.5 Å². The van der Waals surface area contributed by atoms with E-state index in [0.717, 1.165) is 11.5 Å². The molecule has 2 aromatic rings. The Hall–Kier alpha value is -0.737. The first kappa shape index (κ1) is 24.5. The molecule has 0 aliphatic heterocycles. The van der Waals surface area contributed by atoms with Crippen LogP contribution in [0.15, 0.2) is 48.5 Å². The van der Waals surface area contributed by atoms with E-state index >= 15 is 0 Å². The van der Waals surface area contributed by atoms with E-state index in [0.29, 0.717) is 0 Å². The van der Waals surface area contributed by atoms with Gasteiger partial charge in [0.2, 0.25) is 0 Å². The fourth-order valence-corrected chi connectivity index (χ4v) is 6.58. The summed E-state index contributed by atoms with van der Waals surface area (Å²) >= 11 is -0.403. The first-order valence-electron chi connectivity index (χ1n) is 10.4. The second kappa shape index (κ2) is 8.79. The molecule has 0 unspecified atom stereocenters. The predicted octanol–water partition coefficient (Wildman–Crippen LogP) is 6.11. The molecule has 0 saturated carbocycles. The molecule has 2 rings (SSSR count). The van der Waals surface area contributed by atoms with Crippen molar-refractivity contribution in [3.05, 3.63) is 48.5 Å². The Kier molecular flexibility index (Phi) is 7.43. The third-order valence-corrected chi connectivity index (χ3v) is 17.9. The molecule has 0 aliphatic carbocycles. The summed E-state index contributed by atoms with van der Waals surface area (Å²) in [5.74, 6) is 2.01. The maximum absolute atomic E-state index is 6.40. The van der Waals surface area contributed by atoms with Crippen LogP contribution in [-0.4, -0.2) is 37.6 Å². The SMILES string of the molecule is CC(C)(C)[Si](C)(C)Oc1ccc([Te]c2ccc(O[Si](C)(C)C(C)(C)C)cc2)cc1. The van der Waals surface area contributed by atoms with Crippen LogP contribution in [0.1, 0.15) is 41.5 Å². The molecule has 2 aromatic carbocycles. The van der Waals surface area contributed by atoms with E-state index in [9.17, 15) is 0 Å².